The fourth-order valence-electron chi connectivity index (χ4n) is 1.53. The molecule has 0 radical (unpaired) electrons. The number of carbonyl (C=O) groups is 2. The van der Waals surface area contributed by atoms with E-state index in [0.717, 1.165) is 5.56 Å². The van der Waals surface area contributed by atoms with E-state index in [2.05, 4.69) is 5.32 Å². The molecular formula is C15H20ClNO3. The van der Waals surface area contributed by atoms with E-state index in [1.807, 2.05) is 0 Å². The zero-order chi connectivity index (χ0) is 15.3. The molecule has 1 amide bonds. The number of benzene rings is 1. The van der Waals surface area contributed by atoms with E-state index in [4.69, 9.17) is 16.3 Å². The van der Waals surface area contributed by atoms with Gasteiger partial charge in [-0.15, -0.1) is 0 Å². The van der Waals surface area contributed by atoms with Crippen molar-refractivity contribution >= 4 is 23.5 Å². The van der Waals surface area contributed by atoms with Gasteiger partial charge in [0.05, 0.1) is 6.42 Å². The number of nitrogens with one attached hydrogen (secondary N) is 1. The van der Waals surface area contributed by atoms with E-state index in [0.29, 0.717) is 5.02 Å². The summed E-state index contributed by atoms with van der Waals surface area (Å²) in [7, 11) is 0. The molecule has 5 heteroatoms. The molecule has 0 unspecified atom stereocenters. The molecule has 0 fully saturated rings. The molecule has 20 heavy (non-hydrogen) atoms. The lowest BCUT2D eigenvalue weighted by Gasteiger charge is -2.22. The smallest absolute Gasteiger partial charge is 0.328 e. The molecule has 0 aliphatic heterocycles. The van der Waals surface area contributed by atoms with Crippen LogP contribution in [0.15, 0.2) is 24.3 Å². The minimum absolute atomic E-state index is 0.199. The highest BCUT2D eigenvalue weighted by Gasteiger charge is 2.22. The minimum atomic E-state index is -0.672. The molecule has 0 spiro atoms. The molecule has 0 bridgehead atoms. The van der Waals surface area contributed by atoms with Crippen LogP contribution < -0.4 is 5.32 Å². The highest BCUT2D eigenvalue weighted by molar-refractivity contribution is 6.30. The number of hydrogen-bond donors (Lipinski definition) is 1. The topological polar surface area (TPSA) is 55.4 Å². The van der Waals surface area contributed by atoms with Crippen LogP contribution in [0.5, 0.6) is 0 Å². The van der Waals surface area contributed by atoms with Gasteiger partial charge in [0.25, 0.3) is 0 Å². The predicted octanol–water partition coefficient (Wildman–Crippen LogP) is 2.73. The Balaban J connectivity index is 2.49. The largest absolute Gasteiger partial charge is 0.458 e. The van der Waals surface area contributed by atoms with E-state index < -0.39 is 17.6 Å². The van der Waals surface area contributed by atoms with Gasteiger partial charge in [-0.25, -0.2) is 4.79 Å². The fourth-order valence-corrected chi connectivity index (χ4v) is 1.66. The van der Waals surface area contributed by atoms with Crippen molar-refractivity contribution in [3.8, 4) is 0 Å². The molecule has 0 heterocycles. The SMILES string of the molecule is C[C@H](NC(=O)Cc1ccc(Cl)cc1)C(=O)OC(C)(C)C. The summed E-state index contributed by atoms with van der Waals surface area (Å²) in [4.78, 5) is 23.6. The first-order chi connectivity index (χ1) is 9.17. The highest BCUT2D eigenvalue weighted by Crippen LogP contribution is 2.10. The van der Waals surface area contributed by atoms with Gasteiger partial charge in [0.1, 0.15) is 11.6 Å². The van der Waals surface area contributed by atoms with Crippen molar-refractivity contribution in [3.63, 3.8) is 0 Å². The molecule has 0 aliphatic rings. The van der Waals surface area contributed by atoms with Crippen molar-refractivity contribution in [1.82, 2.24) is 5.32 Å². The lowest BCUT2D eigenvalue weighted by Crippen LogP contribution is -2.42. The van der Waals surface area contributed by atoms with Crippen LogP contribution >= 0.6 is 11.6 Å². The second kappa shape index (κ2) is 6.75. The summed E-state index contributed by atoms with van der Waals surface area (Å²) < 4.78 is 5.20. The van der Waals surface area contributed by atoms with Crippen LogP contribution in [0.25, 0.3) is 0 Å². The predicted molar refractivity (Wildman–Crippen MR) is 78.6 cm³/mol. The van der Waals surface area contributed by atoms with Gasteiger partial charge in [-0.05, 0) is 45.4 Å². The number of amides is 1. The fraction of sp³-hybridized carbons (Fsp3) is 0.467. The van der Waals surface area contributed by atoms with E-state index in [9.17, 15) is 9.59 Å². The molecule has 1 N–H and O–H groups in total. The Morgan fingerprint density at radius 1 is 1.25 bits per heavy atom. The Morgan fingerprint density at radius 2 is 1.80 bits per heavy atom. The minimum Gasteiger partial charge on any atom is -0.458 e. The molecule has 1 atom stereocenters. The quantitative estimate of drug-likeness (QED) is 0.869. The lowest BCUT2D eigenvalue weighted by molar-refractivity contribution is -0.158. The van der Waals surface area contributed by atoms with Crippen molar-refractivity contribution < 1.29 is 14.3 Å². The standard InChI is InChI=1S/C15H20ClNO3/c1-10(14(19)20-15(2,3)4)17-13(18)9-11-5-7-12(16)8-6-11/h5-8,10H,9H2,1-4H3,(H,17,18)/t10-/m0/s1. The maximum atomic E-state index is 11.8. The number of ether oxygens (including phenoxy) is 1. The Hall–Kier alpha value is -1.55. The summed E-state index contributed by atoms with van der Waals surface area (Å²) in [6.45, 7) is 6.96. The number of halogens is 1. The zero-order valence-corrected chi connectivity index (χ0v) is 13.0. The summed E-state index contributed by atoms with van der Waals surface area (Å²) in [5, 5.41) is 3.24. The van der Waals surface area contributed by atoms with Gasteiger partial charge in [0.2, 0.25) is 5.91 Å². The molecule has 1 rings (SSSR count). The molecule has 110 valence electrons. The third-order valence-corrected chi connectivity index (χ3v) is 2.67. The van der Waals surface area contributed by atoms with Crippen molar-refractivity contribution in [1.29, 1.82) is 0 Å². The summed E-state index contributed by atoms with van der Waals surface area (Å²) in [5.74, 6) is -0.673. The second-order valence-electron chi connectivity index (χ2n) is 5.63. The van der Waals surface area contributed by atoms with Crippen molar-refractivity contribution in [2.24, 2.45) is 0 Å². The molecule has 1 aromatic carbocycles. The molecular weight excluding hydrogens is 278 g/mol. The van der Waals surface area contributed by atoms with Crippen LogP contribution in [0, 0.1) is 0 Å². The van der Waals surface area contributed by atoms with Crippen molar-refractivity contribution in [3.05, 3.63) is 34.9 Å². The van der Waals surface area contributed by atoms with Gasteiger partial charge in [-0.1, -0.05) is 23.7 Å². The molecule has 4 nitrogen and oxygen atoms in total. The Kier molecular flexibility index (Phi) is 5.57. The third kappa shape index (κ3) is 6.06. The van der Waals surface area contributed by atoms with Gasteiger partial charge >= 0.3 is 5.97 Å². The van der Waals surface area contributed by atoms with Gasteiger partial charge < -0.3 is 10.1 Å². The van der Waals surface area contributed by atoms with Crippen LogP contribution in [0.1, 0.15) is 33.3 Å². The number of hydrogen-bond acceptors (Lipinski definition) is 3. The average molecular weight is 298 g/mol. The third-order valence-electron chi connectivity index (χ3n) is 2.42. The average Bonchev–Trinajstić information content (AvgIpc) is 2.29. The number of esters is 1. The first kappa shape index (κ1) is 16.5. The van der Waals surface area contributed by atoms with Gasteiger partial charge in [-0.3, -0.25) is 4.79 Å². The highest BCUT2D eigenvalue weighted by atomic mass is 35.5. The molecule has 0 saturated carbocycles. The zero-order valence-electron chi connectivity index (χ0n) is 12.2. The van der Waals surface area contributed by atoms with Crippen molar-refractivity contribution in [2.45, 2.75) is 45.8 Å². The van der Waals surface area contributed by atoms with E-state index in [1.54, 1.807) is 52.0 Å². The summed E-state index contributed by atoms with van der Waals surface area (Å²) >= 11 is 5.77. The van der Waals surface area contributed by atoms with Crippen LogP contribution in [0.3, 0.4) is 0 Å². The first-order valence-corrected chi connectivity index (χ1v) is 6.82. The lowest BCUT2D eigenvalue weighted by atomic mass is 10.1. The summed E-state index contributed by atoms with van der Waals surface area (Å²) in [6.07, 6.45) is 0.199. The molecule has 0 saturated heterocycles. The second-order valence-corrected chi connectivity index (χ2v) is 6.06. The normalized spacial score (nSPS) is 12.7. The van der Waals surface area contributed by atoms with Gasteiger partial charge in [0, 0.05) is 5.02 Å². The van der Waals surface area contributed by atoms with Crippen LogP contribution in [0.4, 0.5) is 0 Å². The van der Waals surface area contributed by atoms with Gasteiger partial charge in [-0.2, -0.15) is 0 Å². The molecule has 0 aromatic heterocycles. The molecule has 0 aliphatic carbocycles. The summed E-state index contributed by atoms with van der Waals surface area (Å²) in [5.41, 5.74) is 0.273. The van der Waals surface area contributed by atoms with E-state index in [-0.39, 0.29) is 12.3 Å². The van der Waals surface area contributed by atoms with Crippen molar-refractivity contribution in [2.75, 3.05) is 0 Å². The van der Waals surface area contributed by atoms with Crippen LogP contribution in [-0.2, 0) is 20.7 Å². The Morgan fingerprint density at radius 3 is 2.30 bits per heavy atom. The Labute approximate surface area is 124 Å². The number of carbonyl (C=O) groups excluding carboxylic acids is 2. The van der Waals surface area contributed by atoms with E-state index >= 15 is 0 Å². The first-order valence-electron chi connectivity index (χ1n) is 6.44. The maximum absolute atomic E-state index is 11.8. The molecule has 1 aromatic rings. The van der Waals surface area contributed by atoms with Crippen LogP contribution in [0.2, 0.25) is 5.02 Å². The monoisotopic (exact) mass is 297 g/mol. The number of rotatable bonds is 4. The van der Waals surface area contributed by atoms with Crippen LogP contribution in [-0.4, -0.2) is 23.5 Å². The maximum Gasteiger partial charge on any atom is 0.328 e. The summed E-state index contributed by atoms with van der Waals surface area (Å²) in [6, 6.07) is 6.33. The Bertz CT molecular complexity index is 477. The van der Waals surface area contributed by atoms with E-state index in [1.165, 1.54) is 0 Å². The van der Waals surface area contributed by atoms with Gasteiger partial charge in [0.15, 0.2) is 0 Å².